The molecule has 1 rings (SSSR count). The zero-order valence-corrected chi connectivity index (χ0v) is 15.2. The van der Waals surface area contributed by atoms with Crippen LogP contribution < -0.4 is 0 Å². The van der Waals surface area contributed by atoms with Crippen molar-refractivity contribution in [3.8, 4) is 0 Å². The second kappa shape index (κ2) is 7.95. The molecule has 0 bridgehead atoms. The summed E-state index contributed by atoms with van der Waals surface area (Å²) in [6.07, 6.45) is -0.484. The fourth-order valence-electron chi connectivity index (χ4n) is 1.87. The van der Waals surface area contributed by atoms with Crippen LogP contribution in [-0.4, -0.2) is 60.8 Å². The Morgan fingerprint density at radius 2 is 1.90 bits per heavy atom. The minimum absolute atomic E-state index is 0.0191. The molecule has 2 radical (unpaired) electrons. The molecule has 20 heavy (non-hydrogen) atoms. The lowest BCUT2D eigenvalue weighted by atomic mass is 9.94. The summed E-state index contributed by atoms with van der Waals surface area (Å²) in [5, 5.41) is -0.182. The zero-order valence-electron chi connectivity index (χ0n) is 12.7. The van der Waals surface area contributed by atoms with E-state index in [0.717, 1.165) is 0 Å². The SMILES string of the molecule is [B][C@@H]1S[C@H](COC(C)C)[C@@H](OP(O)(=S)C(C)C)[C@H]1OC. The molecule has 0 aromatic rings. The summed E-state index contributed by atoms with van der Waals surface area (Å²) < 4.78 is 16.9. The first-order valence-electron chi connectivity index (χ1n) is 6.75. The first-order valence-corrected chi connectivity index (χ1v) is 10.4. The molecule has 8 heteroatoms. The van der Waals surface area contributed by atoms with Gasteiger partial charge in [0.05, 0.1) is 31.9 Å². The van der Waals surface area contributed by atoms with Gasteiger partial charge in [-0.15, -0.1) is 0 Å². The van der Waals surface area contributed by atoms with Gasteiger partial charge in [0.15, 0.2) is 6.49 Å². The van der Waals surface area contributed by atoms with Crippen LogP contribution in [0.2, 0.25) is 0 Å². The predicted molar refractivity (Wildman–Crippen MR) is 89.3 cm³/mol. The first kappa shape index (κ1) is 19.0. The third-order valence-electron chi connectivity index (χ3n) is 3.14. The fourth-order valence-corrected chi connectivity index (χ4v) is 4.46. The third kappa shape index (κ3) is 4.97. The zero-order chi connectivity index (χ0) is 15.5. The van der Waals surface area contributed by atoms with E-state index < -0.39 is 6.49 Å². The summed E-state index contributed by atoms with van der Waals surface area (Å²) in [5.41, 5.74) is -0.0940. The van der Waals surface area contributed by atoms with Crippen molar-refractivity contribution in [2.45, 2.75) is 62.1 Å². The maximum atomic E-state index is 10.3. The van der Waals surface area contributed by atoms with Crippen molar-refractivity contribution in [1.29, 1.82) is 0 Å². The van der Waals surface area contributed by atoms with E-state index >= 15 is 0 Å². The lowest BCUT2D eigenvalue weighted by Gasteiger charge is -2.30. The monoisotopic (exact) mass is 338 g/mol. The maximum absolute atomic E-state index is 10.3. The van der Waals surface area contributed by atoms with E-state index in [4.69, 9.17) is 33.7 Å². The number of hydrogen-bond donors (Lipinski definition) is 1. The number of methoxy groups -OCH3 is 1. The van der Waals surface area contributed by atoms with Gasteiger partial charge >= 0.3 is 0 Å². The Bertz CT molecular complexity index is 356. The molecule has 0 aromatic heterocycles. The lowest BCUT2D eigenvalue weighted by Crippen LogP contribution is -2.38. The number of rotatable bonds is 7. The Hall–Kier alpha value is 0.905. The van der Waals surface area contributed by atoms with E-state index in [1.165, 1.54) is 0 Å². The van der Waals surface area contributed by atoms with Crippen LogP contribution in [0.1, 0.15) is 27.7 Å². The van der Waals surface area contributed by atoms with Crippen molar-refractivity contribution in [2.24, 2.45) is 0 Å². The normalized spacial score (nSPS) is 33.8. The van der Waals surface area contributed by atoms with Crippen LogP contribution >= 0.6 is 18.3 Å². The van der Waals surface area contributed by atoms with E-state index in [1.54, 1.807) is 18.9 Å². The summed E-state index contributed by atoms with van der Waals surface area (Å²) in [7, 11) is 7.67. The van der Waals surface area contributed by atoms with Crippen LogP contribution in [0.4, 0.5) is 0 Å². The molecule has 0 amide bonds. The molecule has 1 aliphatic rings. The van der Waals surface area contributed by atoms with Crippen molar-refractivity contribution in [3.05, 3.63) is 0 Å². The molecule has 0 aliphatic carbocycles. The minimum atomic E-state index is -2.85. The highest BCUT2D eigenvalue weighted by atomic mass is 32.5. The van der Waals surface area contributed by atoms with Crippen molar-refractivity contribution >= 4 is 37.9 Å². The van der Waals surface area contributed by atoms with Gasteiger partial charge in [-0.2, -0.15) is 11.8 Å². The fraction of sp³-hybridized carbons (Fsp3) is 1.00. The maximum Gasteiger partial charge on any atom is 0.189 e. The summed E-state index contributed by atoms with van der Waals surface area (Å²) in [5.74, 6) is 0. The van der Waals surface area contributed by atoms with Gasteiger partial charge in [-0.1, -0.05) is 13.8 Å². The van der Waals surface area contributed by atoms with E-state index in [9.17, 15) is 4.89 Å². The highest BCUT2D eigenvalue weighted by Crippen LogP contribution is 2.52. The Morgan fingerprint density at radius 3 is 2.35 bits per heavy atom. The molecule has 5 atom stereocenters. The smallest absolute Gasteiger partial charge is 0.189 e. The molecular formula is C12H24BO4PS2. The van der Waals surface area contributed by atoms with Gasteiger partial charge in [0.25, 0.3) is 0 Å². The third-order valence-corrected chi connectivity index (χ3v) is 7.85. The molecule has 0 saturated carbocycles. The molecule has 1 heterocycles. The Labute approximate surface area is 132 Å². The molecule has 1 unspecified atom stereocenters. The number of hydrogen-bond acceptors (Lipinski definition) is 5. The highest BCUT2D eigenvalue weighted by Gasteiger charge is 2.45. The number of thioether (sulfide) groups is 1. The predicted octanol–water partition coefficient (Wildman–Crippen LogP) is 2.13. The summed E-state index contributed by atoms with van der Waals surface area (Å²) in [4.78, 5) is 10.3. The van der Waals surface area contributed by atoms with Crippen LogP contribution in [0, 0.1) is 0 Å². The molecule has 0 aromatic carbocycles. The molecule has 1 aliphatic heterocycles. The van der Waals surface area contributed by atoms with Gasteiger partial charge in [0, 0.05) is 12.8 Å². The van der Waals surface area contributed by atoms with Crippen molar-refractivity contribution in [2.75, 3.05) is 13.7 Å². The largest absolute Gasteiger partial charge is 0.378 e. The second-order valence-corrected chi connectivity index (χ2v) is 10.8. The molecule has 0 spiro atoms. The molecule has 4 nitrogen and oxygen atoms in total. The van der Waals surface area contributed by atoms with Gasteiger partial charge in [0.1, 0.15) is 6.10 Å². The van der Waals surface area contributed by atoms with Crippen molar-refractivity contribution in [3.63, 3.8) is 0 Å². The van der Waals surface area contributed by atoms with Gasteiger partial charge in [-0.3, -0.25) is 0 Å². The van der Waals surface area contributed by atoms with Gasteiger partial charge < -0.3 is 18.9 Å². The summed E-state index contributed by atoms with van der Waals surface area (Å²) in [6.45, 7) is 5.35. The molecule has 1 fully saturated rings. The number of ether oxygens (including phenoxy) is 2. The standard InChI is InChI=1S/C12H24BO4PS2/c1-7(2)16-6-9-10(11(15-5)12(13)20-9)17-18(14,19)8(3)4/h7-12H,6H2,1-5H3,(H,14,19)/t9-,10-,11-,12-,18?/m1/s1. The second-order valence-electron chi connectivity index (χ2n) is 5.45. The van der Waals surface area contributed by atoms with E-state index in [0.29, 0.717) is 6.61 Å². The van der Waals surface area contributed by atoms with Crippen LogP contribution in [0.15, 0.2) is 0 Å². The van der Waals surface area contributed by atoms with E-state index in [-0.39, 0.29) is 34.4 Å². The van der Waals surface area contributed by atoms with Gasteiger partial charge in [0.2, 0.25) is 0 Å². The highest BCUT2D eigenvalue weighted by molar-refractivity contribution is 8.09. The van der Waals surface area contributed by atoms with Crippen molar-refractivity contribution in [1.82, 2.24) is 0 Å². The average molecular weight is 338 g/mol. The molecule has 1 N–H and O–H groups in total. The van der Waals surface area contributed by atoms with Crippen LogP contribution in [0.5, 0.6) is 0 Å². The van der Waals surface area contributed by atoms with E-state index in [2.05, 4.69) is 0 Å². The quantitative estimate of drug-likeness (QED) is 0.567. The Kier molecular flexibility index (Phi) is 7.54. The Morgan fingerprint density at radius 1 is 1.30 bits per heavy atom. The van der Waals surface area contributed by atoms with Gasteiger partial charge in [-0.05, 0) is 30.8 Å². The van der Waals surface area contributed by atoms with Crippen LogP contribution in [0.3, 0.4) is 0 Å². The first-order chi connectivity index (χ1) is 9.19. The Balaban J connectivity index is 2.80. The van der Waals surface area contributed by atoms with E-state index in [1.807, 2.05) is 27.7 Å². The van der Waals surface area contributed by atoms with Crippen LogP contribution in [-0.2, 0) is 25.8 Å². The average Bonchev–Trinajstić information content (AvgIpc) is 2.61. The topological polar surface area (TPSA) is 47.9 Å². The molecule has 1 saturated heterocycles. The summed E-state index contributed by atoms with van der Waals surface area (Å²) >= 11 is 6.79. The minimum Gasteiger partial charge on any atom is -0.378 e. The lowest BCUT2D eigenvalue weighted by molar-refractivity contribution is -0.00227. The van der Waals surface area contributed by atoms with Crippen LogP contribution in [0.25, 0.3) is 0 Å². The molecule has 116 valence electrons. The van der Waals surface area contributed by atoms with Crippen molar-refractivity contribution < 1.29 is 18.9 Å². The molecular weight excluding hydrogens is 314 g/mol. The van der Waals surface area contributed by atoms with Gasteiger partial charge in [-0.25, -0.2) is 0 Å². The summed E-state index contributed by atoms with van der Waals surface area (Å²) in [6, 6.07) is 0.